The number of alkyl halides is 3. The Hall–Kier alpha value is -0.950. The maximum Gasteiger partial charge on any atom is 0.245 e. The van der Waals surface area contributed by atoms with Crippen molar-refractivity contribution in [1.82, 2.24) is 5.32 Å². The minimum absolute atomic E-state index is 0.367. The third-order valence-electron chi connectivity index (χ3n) is 3.00. The number of carbonyl (C=O) groups is 1. The molecule has 0 saturated carbocycles. The summed E-state index contributed by atoms with van der Waals surface area (Å²) in [5.41, 5.74) is 1.64. The number of benzene rings is 2. The van der Waals surface area contributed by atoms with E-state index in [-0.39, 0.29) is 5.91 Å². The van der Waals surface area contributed by atoms with Gasteiger partial charge in [-0.3, -0.25) is 4.79 Å². The molecule has 0 heterocycles. The Balaban J connectivity index is 2.04. The molecule has 0 spiro atoms. The van der Waals surface area contributed by atoms with E-state index in [4.69, 9.17) is 34.8 Å². The van der Waals surface area contributed by atoms with Crippen molar-refractivity contribution in [1.29, 1.82) is 0 Å². The van der Waals surface area contributed by atoms with Gasteiger partial charge in [0.25, 0.3) is 0 Å². The number of rotatable bonds is 5. The second kappa shape index (κ2) is 8.94. The maximum absolute atomic E-state index is 12.1. The zero-order chi connectivity index (χ0) is 17.6. The quantitative estimate of drug-likeness (QED) is 0.258. The van der Waals surface area contributed by atoms with Crippen molar-refractivity contribution in [2.45, 2.75) is 9.96 Å². The molecule has 0 unspecified atom stereocenters. The Kier molecular flexibility index (Phi) is 7.22. The van der Waals surface area contributed by atoms with Crippen molar-refractivity contribution in [3.8, 4) is 0 Å². The fourth-order valence-corrected chi connectivity index (χ4v) is 2.53. The number of halogens is 4. The molecule has 0 aliphatic heterocycles. The van der Waals surface area contributed by atoms with Crippen LogP contribution in [0.15, 0.2) is 60.7 Å². The number of anilines is 1. The fraction of sp³-hybridized carbons (Fsp3) is 0.118. The van der Waals surface area contributed by atoms with Gasteiger partial charge in [0.05, 0.1) is 0 Å². The standard InChI is InChI=1S/C17H14Cl3IN2O/c18-17(19,20)16(22-14-9-7-13(21)8-10-14)23-15(24)11-6-12-4-2-1-3-5-12/h1-11,16,22H,(H,23,24)/b11-6+/t16-/m0/s1. The predicted molar refractivity (Wildman–Crippen MR) is 110 cm³/mol. The summed E-state index contributed by atoms with van der Waals surface area (Å²) >= 11 is 20.1. The van der Waals surface area contributed by atoms with Crippen molar-refractivity contribution < 1.29 is 4.79 Å². The van der Waals surface area contributed by atoms with E-state index in [0.717, 1.165) is 14.8 Å². The average molecular weight is 496 g/mol. The highest BCUT2D eigenvalue weighted by Gasteiger charge is 2.33. The van der Waals surface area contributed by atoms with E-state index in [1.807, 2.05) is 54.6 Å². The summed E-state index contributed by atoms with van der Waals surface area (Å²) in [6.07, 6.45) is 2.21. The van der Waals surface area contributed by atoms with Gasteiger partial charge in [-0.05, 0) is 58.5 Å². The van der Waals surface area contributed by atoms with Gasteiger partial charge >= 0.3 is 0 Å². The first-order valence-corrected chi connectivity index (χ1v) is 9.18. The number of carbonyl (C=O) groups excluding carboxylic acids is 1. The lowest BCUT2D eigenvalue weighted by Crippen LogP contribution is -2.48. The number of hydrogen-bond acceptors (Lipinski definition) is 2. The van der Waals surface area contributed by atoms with Gasteiger partial charge in [-0.2, -0.15) is 0 Å². The molecule has 2 aromatic rings. The molecule has 2 aromatic carbocycles. The third kappa shape index (κ3) is 6.51. The van der Waals surface area contributed by atoms with E-state index in [2.05, 4.69) is 33.2 Å². The second-order valence-electron chi connectivity index (χ2n) is 4.88. The molecule has 1 amide bonds. The van der Waals surface area contributed by atoms with E-state index < -0.39 is 9.96 Å². The Morgan fingerprint density at radius 2 is 1.67 bits per heavy atom. The summed E-state index contributed by atoms with van der Waals surface area (Å²) in [7, 11) is 0. The van der Waals surface area contributed by atoms with Crippen molar-refractivity contribution >= 4 is 75.1 Å². The molecule has 2 N–H and O–H groups in total. The van der Waals surface area contributed by atoms with Crippen LogP contribution in [0.5, 0.6) is 0 Å². The molecule has 0 aliphatic rings. The largest absolute Gasteiger partial charge is 0.362 e. The van der Waals surface area contributed by atoms with Crippen molar-refractivity contribution in [2.24, 2.45) is 0 Å². The first-order valence-electron chi connectivity index (χ1n) is 6.97. The zero-order valence-electron chi connectivity index (χ0n) is 12.3. The summed E-state index contributed by atoms with van der Waals surface area (Å²) in [5, 5.41) is 5.67. The third-order valence-corrected chi connectivity index (χ3v) is 4.37. The van der Waals surface area contributed by atoms with E-state index in [9.17, 15) is 4.79 Å². The van der Waals surface area contributed by atoms with Gasteiger partial charge in [0.2, 0.25) is 9.70 Å². The van der Waals surface area contributed by atoms with E-state index >= 15 is 0 Å². The Morgan fingerprint density at radius 3 is 2.25 bits per heavy atom. The highest BCUT2D eigenvalue weighted by molar-refractivity contribution is 14.1. The predicted octanol–water partition coefficient (Wildman–Crippen LogP) is 5.23. The molecule has 2 rings (SSSR count). The first-order chi connectivity index (χ1) is 11.3. The fourth-order valence-electron chi connectivity index (χ4n) is 1.84. The summed E-state index contributed by atoms with van der Waals surface area (Å²) < 4.78 is -0.627. The molecule has 3 nitrogen and oxygen atoms in total. The first kappa shape index (κ1) is 19.4. The second-order valence-corrected chi connectivity index (χ2v) is 8.49. The maximum atomic E-state index is 12.1. The SMILES string of the molecule is O=C(/C=C/c1ccccc1)N[C@H](Nc1ccc(I)cc1)C(Cl)(Cl)Cl. The highest BCUT2D eigenvalue weighted by atomic mass is 127. The van der Waals surface area contributed by atoms with Crippen LogP contribution in [0.1, 0.15) is 5.56 Å². The normalized spacial score (nSPS) is 12.8. The zero-order valence-corrected chi connectivity index (χ0v) is 16.8. The van der Waals surface area contributed by atoms with Crippen LogP contribution in [-0.4, -0.2) is 15.9 Å². The summed E-state index contributed by atoms with van der Waals surface area (Å²) in [5.74, 6) is -0.367. The molecule has 7 heteroatoms. The van der Waals surface area contributed by atoms with Crippen LogP contribution in [0.3, 0.4) is 0 Å². The molecule has 0 saturated heterocycles. The smallest absolute Gasteiger partial charge is 0.245 e. The molecule has 0 aliphatic carbocycles. The van der Waals surface area contributed by atoms with Crippen LogP contribution in [0.4, 0.5) is 5.69 Å². The summed E-state index contributed by atoms with van der Waals surface area (Å²) in [6, 6.07) is 17.0. The lowest BCUT2D eigenvalue weighted by molar-refractivity contribution is -0.116. The van der Waals surface area contributed by atoms with Crippen molar-refractivity contribution in [2.75, 3.05) is 5.32 Å². The lowest BCUT2D eigenvalue weighted by Gasteiger charge is -2.27. The van der Waals surface area contributed by atoms with Gasteiger partial charge in [0.15, 0.2) is 0 Å². The summed E-state index contributed by atoms with van der Waals surface area (Å²) in [6.45, 7) is 0. The van der Waals surface area contributed by atoms with Crippen molar-refractivity contribution in [3.05, 3.63) is 69.8 Å². The number of amides is 1. The van der Waals surface area contributed by atoms with Gasteiger partial charge in [0.1, 0.15) is 6.17 Å². The van der Waals surface area contributed by atoms with E-state index in [1.165, 1.54) is 6.08 Å². The van der Waals surface area contributed by atoms with Gasteiger partial charge in [-0.25, -0.2) is 0 Å². The van der Waals surface area contributed by atoms with E-state index in [0.29, 0.717) is 0 Å². The minimum atomic E-state index is -1.71. The number of nitrogens with one attached hydrogen (secondary N) is 2. The summed E-state index contributed by atoms with van der Waals surface area (Å²) in [4.78, 5) is 12.1. The van der Waals surface area contributed by atoms with Gasteiger partial charge in [-0.1, -0.05) is 65.1 Å². The molecule has 24 heavy (non-hydrogen) atoms. The van der Waals surface area contributed by atoms with Crippen LogP contribution in [0.25, 0.3) is 6.08 Å². The molecule has 0 bridgehead atoms. The van der Waals surface area contributed by atoms with Crippen LogP contribution in [0, 0.1) is 3.57 Å². The molecule has 126 valence electrons. The lowest BCUT2D eigenvalue weighted by atomic mass is 10.2. The molecule has 0 fully saturated rings. The molecular weight excluding hydrogens is 481 g/mol. The molecular formula is C17H14Cl3IN2O. The Bertz CT molecular complexity index is 700. The van der Waals surface area contributed by atoms with Crippen molar-refractivity contribution in [3.63, 3.8) is 0 Å². The van der Waals surface area contributed by atoms with Gasteiger partial charge in [0, 0.05) is 15.3 Å². The van der Waals surface area contributed by atoms with Crippen LogP contribution in [0.2, 0.25) is 0 Å². The van der Waals surface area contributed by atoms with Crippen LogP contribution >= 0.6 is 57.4 Å². The Morgan fingerprint density at radius 1 is 1.04 bits per heavy atom. The van der Waals surface area contributed by atoms with E-state index in [1.54, 1.807) is 6.08 Å². The highest BCUT2D eigenvalue weighted by Crippen LogP contribution is 2.31. The van der Waals surface area contributed by atoms with Crippen LogP contribution < -0.4 is 10.6 Å². The number of hydrogen-bond donors (Lipinski definition) is 2. The van der Waals surface area contributed by atoms with Gasteiger partial charge in [-0.15, -0.1) is 0 Å². The molecule has 0 aromatic heterocycles. The van der Waals surface area contributed by atoms with Gasteiger partial charge < -0.3 is 10.6 Å². The van der Waals surface area contributed by atoms with Crippen LogP contribution in [-0.2, 0) is 4.79 Å². The average Bonchev–Trinajstić information content (AvgIpc) is 2.54. The topological polar surface area (TPSA) is 41.1 Å². The molecule has 1 atom stereocenters. The molecule has 0 radical (unpaired) electrons. The minimum Gasteiger partial charge on any atom is -0.362 e. The monoisotopic (exact) mass is 494 g/mol. The Labute approximate surface area is 169 Å².